The molecule has 5 heteroatoms. The number of nitrogens with zero attached hydrogens (tertiary/aromatic N) is 2. The Morgan fingerprint density at radius 2 is 2.35 bits per heavy atom. The van der Waals surface area contributed by atoms with Gasteiger partial charge in [-0.2, -0.15) is 0 Å². The monoisotopic (exact) mass is 242 g/mol. The molecule has 1 saturated heterocycles. The van der Waals surface area contributed by atoms with E-state index in [1.54, 1.807) is 0 Å². The molecule has 1 rings (SSSR count). The predicted octanol–water partition coefficient (Wildman–Crippen LogP) is 0.833. The van der Waals surface area contributed by atoms with Crippen molar-refractivity contribution in [2.45, 2.75) is 39.2 Å². The zero-order valence-electron chi connectivity index (χ0n) is 11.0. The van der Waals surface area contributed by atoms with E-state index in [1.165, 1.54) is 19.5 Å². The first-order valence-corrected chi connectivity index (χ1v) is 6.61. The first kappa shape index (κ1) is 14.3. The van der Waals surface area contributed by atoms with Crippen LogP contribution in [0.3, 0.4) is 0 Å². The molecule has 0 aliphatic carbocycles. The summed E-state index contributed by atoms with van der Waals surface area (Å²) < 4.78 is 0. The molecule has 1 fully saturated rings. The number of hydrogen-bond donors (Lipinski definition) is 3. The molecule has 2 unspecified atom stereocenters. The molecule has 1 aliphatic rings. The summed E-state index contributed by atoms with van der Waals surface area (Å²) in [6, 6.07) is 0.321. The van der Waals surface area contributed by atoms with Gasteiger partial charge in [0.1, 0.15) is 5.84 Å². The second kappa shape index (κ2) is 7.50. The average molecular weight is 242 g/mol. The van der Waals surface area contributed by atoms with Gasteiger partial charge < -0.3 is 21.2 Å². The SMILES string of the molecule is CCC(CC(N)=NO)NCC1CCN(CC)C1. The molecule has 0 saturated carbocycles. The Hall–Kier alpha value is -0.810. The molecule has 1 aliphatic heterocycles. The van der Waals surface area contributed by atoms with Crippen molar-refractivity contribution in [2.75, 3.05) is 26.2 Å². The van der Waals surface area contributed by atoms with Gasteiger partial charge in [0, 0.05) is 19.0 Å². The maximum Gasteiger partial charge on any atom is 0.140 e. The lowest BCUT2D eigenvalue weighted by Gasteiger charge is -2.19. The van der Waals surface area contributed by atoms with Gasteiger partial charge in [0.25, 0.3) is 0 Å². The van der Waals surface area contributed by atoms with Gasteiger partial charge in [-0.1, -0.05) is 19.0 Å². The van der Waals surface area contributed by atoms with Crippen LogP contribution in [0.15, 0.2) is 5.16 Å². The van der Waals surface area contributed by atoms with Crippen LogP contribution in [-0.2, 0) is 0 Å². The van der Waals surface area contributed by atoms with E-state index in [4.69, 9.17) is 10.9 Å². The molecule has 2 atom stereocenters. The molecule has 17 heavy (non-hydrogen) atoms. The molecule has 0 radical (unpaired) electrons. The van der Waals surface area contributed by atoms with Crippen LogP contribution >= 0.6 is 0 Å². The number of nitrogens with one attached hydrogen (secondary N) is 1. The fraction of sp³-hybridized carbons (Fsp3) is 0.917. The van der Waals surface area contributed by atoms with E-state index < -0.39 is 0 Å². The van der Waals surface area contributed by atoms with Gasteiger partial charge in [0.2, 0.25) is 0 Å². The molecule has 0 aromatic rings. The number of hydrogen-bond acceptors (Lipinski definition) is 4. The highest BCUT2D eigenvalue weighted by Crippen LogP contribution is 2.15. The van der Waals surface area contributed by atoms with Crippen molar-refractivity contribution in [1.29, 1.82) is 0 Å². The average Bonchev–Trinajstić information content (AvgIpc) is 2.82. The van der Waals surface area contributed by atoms with Crippen LogP contribution in [0.5, 0.6) is 0 Å². The van der Waals surface area contributed by atoms with Crippen LogP contribution in [0.1, 0.15) is 33.1 Å². The lowest BCUT2D eigenvalue weighted by molar-refractivity contribution is 0.314. The standard InChI is InChI=1S/C12H26N4O/c1-3-11(7-12(13)15-17)14-8-10-5-6-16(4-2)9-10/h10-11,14,17H,3-9H2,1-2H3,(H2,13,15). The Balaban J connectivity index is 2.24. The Labute approximate surface area is 104 Å². The van der Waals surface area contributed by atoms with Crippen LogP contribution in [-0.4, -0.2) is 48.2 Å². The Kier molecular flexibility index (Phi) is 6.29. The van der Waals surface area contributed by atoms with Gasteiger partial charge in [0.05, 0.1) is 0 Å². The fourth-order valence-corrected chi connectivity index (χ4v) is 2.35. The van der Waals surface area contributed by atoms with E-state index in [0.29, 0.717) is 18.3 Å². The summed E-state index contributed by atoms with van der Waals surface area (Å²) in [6.07, 6.45) is 2.90. The zero-order valence-corrected chi connectivity index (χ0v) is 11.0. The van der Waals surface area contributed by atoms with E-state index in [-0.39, 0.29) is 0 Å². The van der Waals surface area contributed by atoms with E-state index in [1.807, 2.05) is 0 Å². The number of rotatable bonds is 7. The summed E-state index contributed by atoms with van der Waals surface area (Å²) in [7, 11) is 0. The third-order valence-electron chi connectivity index (χ3n) is 3.59. The highest BCUT2D eigenvalue weighted by molar-refractivity contribution is 5.80. The molecule has 0 aromatic carbocycles. The van der Waals surface area contributed by atoms with Crippen LogP contribution < -0.4 is 11.1 Å². The summed E-state index contributed by atoms with van der Waals surface area (Å²) in [4.78, 5) is 2.48. The van der Waals surface area contributed by atoms with Gasteiger partial charge in [0.15, 0.2) is 0 Å². The summed E-state index contributed by atoms with van der Waals surface area (Å²) >= 11 is 0. The smallest absolute Gasteiger partial charge is 0.140 e. The van der Waals surface area contributed by atoms with Crippen LogP contribution in [0.25, 0.3) is 0 Å². The summed E-state index contributed by atoms with van der Waals surface area (Å²) in [5, 5.41) is 15.1. The van der Waals surface area contributed by atoms with E-state index in [0.717, 1.165) is 25.4 Å². The van der Waals surface area contributed by atoms with E-state index in [9.17, 15) is 0 Å². The van der Waals surface area contributed by atoms with E-state index >= 15 is 0 Å². The molecule has 0 bridgehead atoms. The molecule has 1 heterocycles. The van der Waals surface area contributed by atoms with Gasteiger partial charge in [-0.15, -0.1) is 0 Å². The maximum absolute atomic E-state index is 8.55. The van der Waals surface area contributed by atoms with Crippen molar-refractivity contribution in [2.24, 2.45) is 16.8 Å². The Morgan fingerprint density at radius 3 is 2.88 bits per heavy atom. The number of amidine groups is 1. The van der Waals surface area contributed by atoms with Crippen molar-refractivity contribution >= 4 is 5.84 Å². The van der Waals surface area contributed by atoms with Crippen LogP contribution in [0.4, 0.5) is 0 Å². The summed E-state index contributed by atoms with van der Waals surface area (Å²) in [5.41, 5.74) is 5.53. The normalized spacial score (nSPS) is 24.1. The van der Waals surface area contributed by atoms with Gasteiger partial charge in [-0.05, 0) is 38.4 Å². The third-order valence-corrected chi connectivity index (χ3v) is 3.59. The first-order valence-electron chi connectivity index (χ1n) is 6.61. The predicted molar refractivity (Wildman–Crippen MR) is 70.3 cm³/mol. The topological polar surface area (TPSA) is 73.9 Å². The molecule has 0 aromatic heterocycles. The minimum atomic E-state index is 0.311. The summed E-state index contributed by atoms with van der Waals surface area (Å²) in [5.74, 6) is 1.06. The quantitative estimate of drug-likeness (QED) is 0.268. The second-order valence-corrected chi connectivity index (χ2v) is 4.86. The van der Waals surface area contributed by atoms with Crippen molar-refractivity contribution in [3.63, 3.8) is 0 Å². The maximum atomic E-state index is 8.55. The molecule has 4 N–H and O–H groups in total. The van der Waals surface area contributed by atoms with Gasteiger partial charge in [-0.25, -0.2) is 0 Å². The molecule has 0 spiro atoms. The Morgan fingerprint density at radius 1 is 1.59 bits per heavy atom. The zero-order chi connectivity index (χ0) is 12.7. The van der Waals surface area contributed by atoms with Crippen molar-refractivity contribution in [3.8, 4) is 0 Å². The lowest BCUT2D eigenvalue weighted by Crippen LogP contribution is -2.37. The minimum Gasteiger partial charge on any atom is -0.409 e. The van der Waals surface area contributed by atoms with Crippen LogP contribution in [0.2, 0.25) is 0 Å². The van der Waals surface area contributed by atoms with Crippen molar-refractivity contribution < 1.29 is 5.21 Å². The highest BCUT2D eigenvalue weighted by Gasteiger charge is 2.21. The largest absolute Gasteiger partial charge is 0.409 e. The number of oxime groups is 1. The molecular weight excluding hydrogens is 216 g/mol. The highest BCUT2D eigenvalue weighted by atomic mass is 16.4. The molecule has 0 amide bonds. The van der Waals surface area contributed by atoms with Crippen molar-refractivity contribution in [1.82, 2.24) is 10.2 Å². The van der Waals surface area contributed by atoms with E-state index in [2.05, 4.69) is 29.2 Å². The second-order valence-electron chi connectivity index (χ2n) is 4.86. The molecule has 5 nitrogen and oxygen atoms in total. The fourth-order valence-electron chi connectivity index (χ4n) is 2.35. The first-order chi connectivity index (χ1) is 8.19. The molecular formula is C12H26N4O. The Bertz CT molecular complexity index is 245. The van der Waals surface area contributed by atoms with Crippen LogP contribution in [0, 0.1) is 5.92 Å². The lowest BCUT2D eigenvalue weighted by atomic mass is 10.1. The molecule has 100 valence electrons. The minimum absolute atomic E-state index is 0.311. The van der Waals surface area contributed by atoms with Gasteiger partial charge >= 0.3 is 0 Å². The summed E-state index contributed by atoms with van der Waals surface area (Å²) in [6.45, 7) is 8.94. The third kappa shape index (κ3) is 4.91. The number of nitrogens with two attached hydrogens (primary N) is 1. The van der Waals surface area contributed by atoms with Gasteiger partial charge in [-0.3, -0.25) is 0 Å². The number of likely N-dealkylation sites (tertiary alicyclic amines) is 1. The van der Waals surface area contributed by atoms with Crippen molar-refractivity contribution in [3.05, 3.63) is 0 Å².